The number of hydrogen-bond acceptors (Lipinski definition) is 2. The second-order valence-corrected chi connectivity index (χ2v) is 5.54. The SMILES string of the molecule is O=C(/C=C/c1c(F)cccc1F)N1CCC(n2ccnc2)CC1. The van der Waals surface area contributed by atoms with Gasteiger partial charge in [-0.1, -0.05) is 6.07 Å². The third kappa shape index (κ3) is 3.47. The number of imidazole rings is 1. The number of aromatic nitrogens is 2. The van der Waals surface area contributed by atoms with Crippen LogP contribution in [-0.2, 0) is 4.79 Å². The molecule has 1 aliphatic heterocycles. The molecular weight excluding hydrogens is 300 g/mol. The number of halogens is 2. The third-order valence-corrected chi connectivity index (χ3v) is 4.11. The van der Waals surface area contributed by atoms with E-state index >= 15 is 0 Å². The minimum absolute atomic E-state index is 0.186. The smallest absolute Gasteiger partial charge is 0.246 e. The number of nitrogens with zero attached hydrogens (tertiary/aromatic N) is 3. The Morgan fingerprint density at radius 1 is 1.22 bits per heavy atom. The van der Waals surface area contributed by atoms with Crippen molar-refractivity contribution in [1.82, 2.24) is 14.5 Å². The van der Waals surface area contributed by atoms with E-state index in [2.05, 4.69) is 4.98 Å². The highest BCUT2D eigenvalue weighted by atomic mass is 19.1. The van der Waals surface area contributed by atoms with Gasteiger partial charge in [-0.25, -0.2) is 13.8 Å². The number of hydrogen-bond donors (Lipinski definition) is 0. The summed E-state index contributed by atoms with van der Waals surface area (Å²) in [6.45, 7) is 1.23. The maximum atomic E-state index is 13.5. The highest BCUT2D eigenvalue weighted by Gasteiger charge is 2.22. The number of piperidine rings is 1. The van der Waals surface area contributed by atoms with Gasteiger partial charge in [0.1, 0.15) is 11.6 Å². The first kappa shape index (κ1) is 15.4. The summed E-state index contributed by atoms with van der Waals surface area (Å²) in [5, 5.41) is 0. The first-order chi connectivity index (χ1) is 11.1. The zero-order valence-electron chi connectivity index (χ0n) is 12.5. The Balaban J connectivity index is 1.60. The van der Waals surface area contributed by atoms with Crippen molar-refractivity contribution in [3.8, 4) is 0 Å². The molecule has 0 atom stereocenters. The molecule has 1 aromatic heterocycles. The molecule has 0 bridgehead atoms. The third-order valence-electron chi connectivity index (χ3n) is 4.11. The summed E-state index contributed by atoms with van der Waals surface area (Å²) in [6, 6.07) is 3.98. The first-order valence-electron chi connectivity index (χ1n) is 7.53. The fourth-order valence-corrected chi connectivity index (χ4v) is 2.80. The second kappa shape index (κ2) is 6.73. The van der Waals surface area contributed by atoms with Gasteiger partial charge in [-0.05, 0) is 31.1 Å². The molecule has 2 heterocycles. The average Bonchev–Trinajstić information content (AvgIpc) is 3.09. The lowest BCUT2D eigenvalue weighted by molar-refractivity contribution is -0.127. The lowest BCUT2D eigenvalue weighted by Crippen LogP contribution is -2.38. The van der Waals surface area contributed by atoms with Crippen LogP contribution in [0.3, 0.4) is 0 Å². The van der Waals surface area contributed by atoms with Gasteiger partial charge in [-0.15, -0.1) is 0 Å². The van der Waals surface area contributed by atoms with Gasteiger partial charge in [0.25, 0.3) is 0 Å². The van der Waals surface area contributed by atoms with Crippen LogP contribution in [0.25, 0.3) is 6.08 Å². The lowest BCUT2D eigenvalue weighted by Gasteiger charge is -2.31. The second-order valence-electron chi connectivity index (χ2n) is 5.54. The fourth-order valence-electron chi connectivity index (χ4n) is 2.80. The molecule has 0 spiro atoms. The van der Waals surface area contributed by atoms with Crippen molar-refractivity contribution in [2.45, 2.75) is 18.9 Å². The van der Waals surface area contributed by atoms with Crippen LogP contribution in [0.15, 0.2) is 43.0 Å². The van der Waals surface area contributed by atoms with Gasteiger partial charge in [0.2, 0.25) is 5.91 Å². The first-order valence-corrected chi connectivity index (χ1v) is 7.53. The summed E-state index contributed by atoms with van der Waals surface area (Å²) in [7, 11) is 0. The topological polar surface area (TPSA) is 38.1 Å². The molecule has 4 nitrogen and oxygen atoms in total. The van der Waals surface area contributed by atoms with E-state index in [-0.39, 0.29) is 11.5 Å². The maximum Gasteiger partial charge on any atom is 0.246 e. The highest BCUT2D eigenvalue weighted by Crippen LogP contribution is 2.22. The van der Waals surface area contributed by atoms with Crippen LogP contribution in [0.1, 0.15) is 24.4 Å². The van der Waals surface area contributed by atoms with E-state index in [1.165, 1.54) is 30.4 Å². The molecule has 0 N–H and O–H groups in total. The van der Waals surface area contributed by atoms with Gasteiger partial charge in [-0.2, -0.15) is 0 Å². The quantitative estimate of drug-likeness (QED) is 0.816. The van der Waals surface area contributed by atoms with Gasteiger partial charge < -0.3 is 9.47 Å². The molecule has 0 saturated carbocycles. The number of amides is 1. The van der Waals surface area contributed by atoms with Crippen molar-refractivity contribution in [3.63, 3.8) is 0 Å². The van der Waals surface area contributed by atoms with Gasteiger partial charge in [0.05, 0.1) is 6.33 Å². The Morgan fingerprint density at radius 3 is 2.52 bits per heavy atom. The molecule has 1 fully saturated rings. The molecule has 1 saturated heterocycles. The molecule has 2 aromatic rings. The summed E-state index contributed by atoms with van der Waals surface area (Å²) in [4.78, 5) is 17.9. The van der Waals surface area contributed by atoms with Crippen LogP contribution in [-0.4, -0.2) is 33.4 Å². The highest BCUT2D eigenvalue weighted by molar-refractivity contribution is 5.91. The molecule has 120 valence electrons. The van der Waals surface area contributed by atoms with E-state index in [1.54, 1.807) is 17.4 Å². The monoisotopic (exact) mass is 317 g/mol. The van der Waals surface area contributed by atoms with Crippen molar-refractivity contribution in [2.24, 2.45) is 0 Å². The zero-order valence-corrected chi connectivity index (χ0v) is 12.5. The summed E-state index contributed by atoms with van der Waals surface area (Å²) in [5.74, 6) is -1.57. The number of benzene rings is 1. The van der Waals surface area contributed by atoms with Crippen LogP contribution in [0.2, 0.25) is 0 Å². The Bertz CT molecular complexity index is 684. The van der Waals surface area contributed by atoms with Gasteiger partial charge >= 0.3 is 0 Å². The van der Waals surface area contributed by atoms with Crippen molar-refractivity contribution in [1.29, 1.82) is 0 Å². The van der Waals surface area contributed by atoms with E-state index in [0.29, 0.717) is 19.1 Å². The standard InChI is InChI=1S/C17H17F2N3O/c18-15-2-1-3-16(19)14(15)4-5-17(23)21-9-6-13(7-10-21)22-11-8-20-12-22/h1-5,8,11-13H,6-7,9-10H2/b5-4+. The summed E-state index contributed by atoms with van der Waals surface area (Å²) >= 11 is 0. The Labute approximate surface area is 133 Å². The van der Waals surface area contributed by atoms with Crippen LogP contribution < -0.4 is 0 Å². The van der Waals surface area contributed by atoms with Crippen LogP contribution in [0.4, 0.5) is 8.78 Å². The van der Waals surface area contributed by atoms with Crippen molar-refractivity contribution < 1.29 is 13.6 Å². The molecular formula is C17H17F2N3O. The minimum atomic E-state index is -0.673. The van der Waals surface area contributed by atoms with Crippen LogP contribution in [0.5, 0.6) is 0 Å². The molecule has 0 aliphatic carbocycles. The molecule has 0 radical (unpaired) electrons. The minimum Gasteiger partial charge on any atom is -0.339 e. The fraction of sp³-hybridized carbons (Fsp3) is 0.294. The average molecular weight is 317 g/mol. The predicted octanol–water partition coefficient (Wildman–Crippen LogP) is 3.04. The van der Waals surface area contributed by atoms with Crippen molar-refractivity contribution >= 4 is 12.0 Å². The number of likely N-dealkylation sites (tertiary alicyclic amines) is 1. The lowest BCUT2D eigenvalue weighted by atomic mass is 10.0. The molecule has 1 aliphatic rings. The number of rotatable bonds is 3. The largest absolute Gasteiger partial charge is 0.339 e. The van der Waals surface area contributed by atoms with E-state index in [0.717, 1.165) is 12.8 Å². The van der Waals surface area contributed by atoms with E-state index in [1.807, 2.05) is 10.8 Å². The number of carbonyl (C=O) groups excluding carboxylic acids is 1. The van der Waals surface area contributed by atoms with E-state index < -0.39 is 11.6 Å². The Hall–Kier alpha value is -2.50. The van der Waals surface area contributed by atoms with E-state index in [4.69, 9.17) is 0 Å². The normalized spacial score (nSPS) is 16.2. The van der Waals surface area contributed by atoms with Crippen molar-refractivity contribution in [3.05, 3.63) is 60.2 Å². The van der Waals surface area contributed by atoms with Gasteiger partial charge in [-0.3, -0.25) is 4.79 Å². The Kier molecular flexibility index (Phi) is 4.50. The summed E-state index contributed by atoms with van der Waals surface area (Å²) in [6.07, 6.45) is 9.55. The summed E-state index contributed by atoms with van der Waals surface area (Å²) < 4.78 is 29.1. The van der Waals surface area contributed by atoms with Gasteiger partial charge in [0.15, 0.2) is 0 Å². The van der Waals surface area contributed by atoms with E-state index in [9.17, 15) is 13.6 Å². The van der Waals surface area contributed by atoms with Crippen molar-refractivity contribution in [2.75, 3.05) is 13.1 Å². The maximum absolute atomic E-state index is 13.5. The van der Waals surface area contributed by atoms with Crippen LogP contribution >= 0.6 is 0 Å². The number of carbonyl (C=O) groups is 1. The summed E-state index contributed by atoms with van der Waals surface area (Å²) in [5.41, 5.74) is -0.186. The Morgan fingerprint density at radius 2 is 1.91 bits per heavy atom. The molecule has 1 amide bonds. The zero-order chi connectivity index (χ0) is 16.2. The molecule has 6 heteroatoms. The molecule has 3 rings (SSSR count). The predicted molar refractivity (Wildman–Crippen MR) is 82.5 cm³/mol. The molecule has 1 aromatic carbocycles. The molecule has 23 heavy (non-hydrogen) atoms. The van der Waals surface area contributed by atoms with Crippen LogP contribution in [0, 0.1) is 11.6 Å². The van der Waals surface area contributed by atoms with Gasteiger partial charge in [0, 0.05) is 43.2 Å². The molecule has 0 unspecified atom stereocenters.